The van der Waals surface area contributed by atoms with Crippen LogP contribution in [0.4, 0.5) is 4.79 Å². The Morgan fingerprint density at radius 3 is 2.56 bits per heavy atom. The highest BCUT2D eigenvalue weighted by molar-refractivity contribution is 9.10. The molecule has 8 heteroatoms. The summed E-state index contributed by atoms with van der Waals surface area (Å²) in [4.78, 5) is 26.6. The van der Waals surface area contributed by atoms with Gasteiger partial charge in [0.15, 0.2) is 11.5 Å². The lowest BCUT2D eigenvalue weighted by atomic mass is 10.1. The zero-order valence-corrected chi connectivity index (χ0v) is 18.5. The average Bonchev–Trinajstić information content (AvgIpc) is 2.88. The molecule has 0 aromatic heterocycles. The molecule has 0 aliphatic carbocycles. The van der Waals surface area contributed by atoms with Gasteiger partial charge in [-0.3, -0.25) is 14.5 Å². The number of benzene rings is 2. The first-order chi connectivity index (χ1) is 12.9. The maximum atomic E-state index is 12.7. The highest BCUT2D eigenvalue weighted by Crippen LogP contribution is 2.39. The summed E-state index contributed by atoms with van der Waals surface area (Å²) in [5, 5.41) is -0.286. The van der Waals surface area contributed by atoms with E-state index in [4.69, 9.17) is 9.47 Å². The summed E-state index contributed by atoms with van der Waals surface area (Å²) < 4.78 is 12.2. The van der Waals surface area contributed by atoms with Crippen molar-refractivity contribution in [3.63, 3.8) is 0 Å². The number of nitrogens with zero attached hydrogens (tertiary/aromatic N) is 1. The Morgan fingerprint density at radius 2 is 1.89 bits per heavy atom. The second-order valence-electron chi connectivity index (χ2n) is 5.64. The molecular weight excluding hydrogens is 498 g/mol. The van der Waals surface area contributed by atoms with E-state index in [0.717, 1.165) is 27.4 Å². The third kappa shape index (κ3) is 4.39. The molecule has 0 unspecified atom stereocenters. The predicted molar refractivity (Wildman–Crippen MR) is 113 cm³/mol. The minimum atomic E-state index is -0.309. The van der Waals surface area contributed by atoms with Crippen LogP contribution in [-0.4, -0.2) is 30.3 Å². The fourth-order valence-electron chi connectivity index (χ4n) is 2.63. The highest BCUT2D eigenvalue weighted by Gasteiger charge is 2.35. The zero-order valence-electron chi connectivity index (χ0n) is 14.5. The van der Waals surface area contributed by atoms with Crippen molar-refractivity contribution < 1.29 is 19.1 Å². The third-order valence-corrected chi connectivity index (χ3v) is 5.85. The topological polar surface area (TPSA) is 55.8 Å². The lowest BCUT2D eigenvalue weighted by molar-refractivity contribution is -0.123. The summed E-state index contributed by atoms with van der Waals surface area (Å²) in [6, 6.07) is 11.1. The van der Waals surface area contributed by atoms with Crippen molar-refractivity contribution in [1.29, 1.82) is 0 Å². The van der Waals surface area contributed by atoms with Crippen molar-refractivity contribution in [2.24, 2.45) is 0 Å². The Kier molecular flexibility index (Phi) is 6.29. The van der Waals surface area contributed by atoms with E-state index in [9.17, 15) is 9.59 Å². The summed E-state index contributed by atoms with van der Waals surface area (Å²) in [7, 11) is 3.09. The van der Waals surface area contributed by atoms with Crippen molar-refractivity contribution in [3.8, 4) is 11.5 Å². The molecule has 2 aromatic carbocycles. The van der Waals surface area contributed by atoms with Crippen LogP contribution in [0.3, 0.4) is 0 Å². The molecule has 3 rings (SSSR count). The normalized spacial score (nSPS) is 15.6. The molecule has 1 heterocycles. The second-order valence-corrected chi connectivity index (χ2v) is 8.40. The fourth-order valence-corrected chi connectivity index (χ4v) is 4.53. The van der Waals surface area contributed by atoms with Gasteiger partial charge in [-0.05, 0) is 69.2 Å². The lowest BCUT2D eigenvalue weighted by Gasteiger charge is -2.12. The number of methoxy groups -OCH3 is 2. The fraction of sp³-hybridized carbons (Fsp3) is 0.158. The molecule has 0 N–H and O–H groups in total. The second kappa shape index (κ2) is 8.50. The van der Waals surface area contributed by atoms with Crippen LogP contribution in [0.15, 0.2) is 50.2 Å². The first-order valence-corrected chi connectivity index (χ1v) is 10.2. The van der Waals surface area contributed by atoms with E-state index in [1.807, 2.05) is 30.3 Å². The van der Waals surface area contributed by atoms with E-state index < -0.39 is 0 Å². The van der Waals surface area contributed by atoms with Crippen molar-refractivity contribution in [2.75, 3.05) is 14.2 Å². The van der Waals surface area contributed by atoms with Gasteiger partial charge in [0.2, 0.25) is 0 Å². The van der Waals surface area contributed by atoms with Gasteiger partial charge in [0.05, 0.1) is 30.1 Å². The Bertz CT molecular complexity index is 945. The van der Waals surface area contributed by atoms with Gasteiger partial charge >= 0.3 is 0 Å². The number of amides is 2. The minimum Gasteiger partial charge on any atom is -0.493 e. The molecular formula is C19H15Br2NO4S. The van der Waals surface area contributed by atoms with Crippen LogP contribution in [0.2, 0.25) is 0 Å². The number of thioether (sulfide) groups is 1. The van der Waals surface area contributed by atoms with E-state index in [2.05, 4.69) is 31.9 Å². The number of imide groups is 1. The van der Waals surface area contributed by atoms with Crippen molar-refractivity contribution in [1.82, 2.24) is 4.90 Å². The molecule has 0 bridgehead atoms. The van der Waals surface area contributed by atoms with E-state index in [0.29, 0.717) is 20.9 Å². The third-order valence-electron chi connectivity index (χ3n) is 3.86. The van der Waals surface area contributed by atoms with Gasteiger partial charge in [0.25, 0.3) is 11.1 Å². The van der Waals surface area contributed by atoms with E-state index in [-0.39, 0.29) is 17.7 Å². The van der Waals surface area contributed by atoms with Crippen molar-refractivity contribution >= 4 is 60.8 Å². The Hall–Kier alpha value is -1.77. The average molecular weight is 513 g/mol. The summed E-state index contributed by atoms with van der Waals surface area (Å²) in [5.41, 5.74) is 1.61. The van der Waals surface area contributed by atoms with Crippen LogP contribution in [0.25, 0.3) is 6.08 Å². The Balaban J connectivity index is 1.87. The molecule has 2 amide bonds. The van der Waals surface area contributed by atoms with Crippen LogP contribution < -0.4 is 9.47 Å². The number of ether oxygens (including phenoxy) is 2. The van der Waals surface area contributed by atoms with Crippen molar-refractivity contribution in [2.45, 2.75) is 6.54 Å². The van der Waals surface area contributed by atoms with Gasteiger partial charge < -0.3 is 9.47 Å². The summed E-state index contributed by atoms with van der Waals surface area (Å²) in [5.74, 6) is 0.791. The van der Waals surface area contributed by atoms with E-state index in [1.165, 1.54) is 4.90 Å². The molecule has 140 valence electrons. The molecule has 1 fully saturated rings. The van der Waals surface area contributed by atoms with Crippen LogP contribution >= 0.6 is 43.6 Å². The van der Waals surface area contributed by atoms with Crippen LogP contribution in [0.5, 0.6) is 11.5 Å². The SMILES string of the molecule is COc1cc(/C=C2/SC(=O)N(Cc3cccc(Br)c3)C2=O)cc(Br)c1OC. The Labute approximate surface area is 178 Å². The maximum absolute atomic E-state index is 12.7. The van der Waals surface area contributed by atoms with Gasteiger partial charge in [0, 0.05) is 4.47 Å². The van der Waals surface area contributed by atoms with Gasteiger partial charge in [-0.15, -0.1) is 0 Å². The largest absolute Gasteiger partial charge is 0.493 e. The van der Waals surface area contributed by atoms with Gasteiger partial charge in [0.1, 0.15) is 0 Å². The maximum Gasteiger partial charge on any atom is 0.293 e. The molecule has 27 heavy (non-hydrogen) atoms. The molecule has 0 atom stereocenters. The molecule has 0 radical (unpaired) electrons. The first-order valence-electron chi connectivity index (χ1n) is 7.84. The van der Waals surface area contributed by atoms with Gasteiger partial charge in [-0.2, -0.15) is 0 Å². The molecule has 2 aromatic rings. The van der Waals surface area contributed by atoms with E-state index >= 15 is 0 Å². The monoisotopic (exact) mass is 511 g/mol. The number of rotatable bonds is 5. The summed E-state index contributed by atoms with van der Waals surface area (Å²) in [6.45, 7) is 0.233. The quantitative estimate of drug-likeness (QED) is 0.497. The minimum absolute atomic E-state index is 0.233. The first kappa shape index (κ1) is 20.0. The summed E-state index contributed by atoms with van der Waals surface area (Å²) in [6.07, 6.45) is 1.68. The molecule has 1 aliphatic rings. The van der Waals surface area contributed by atoms with Crippen LogP contribution in [0, 0.1) is 0 Å². The van der Waals surface area contributed by atoms with Crippen LogP contribution in [-0.2, 0) is 11.3 Å². The number of halogens is 2. The highest BCUT2D eigenvalue weighted by atomic mass is 79.9. The molecule has 0 saturated carbocycles. The number of hydrogen-bond acceptors (Lipinski definition) is 5. The predicted octanol–water partition coefficient (Wildman–Crippen LogP) is 5.47. The van der Waals surface area contributed by atoms with Gasteiger partial charge in [-0.1, -0.05) is 28.1 Å². The number of carbonyl (C=O) groups excluding carboxylic acids is 2. The van der Waals surface area contributed by atoms with E-state index in [1.54, 1.807) is 26.4 Å². The van der Waals surface area contributed by atoms with Crippen LogP contribution in [0.1, 0.15) is 11.1 Å². The smallest absolute Gasteiger partial charge is 0.293 e. The van der Waals surface area contributed by atoms with Crippen molar-refractivity contribution in [3.05, 3.63) is 61.4 Å². The number of carbonyl (C=O) groups is 2. The number of hydrogen-bond donors (Lipinski definition) is 0. The standard InChI is InChI=1S/C19H15Br2NO4S/c1-25-15-8-12(7-14(21)17(15)26-2)9-16-18(23)22(19(24)27-16)10-11-4-3-5-13(20)6-11/h3-9H,10H2,1-2H3/b16-9+. The molecule has 1 aliphatic heterocycles. The Morgan fingerprint density at radius 1 is 1.11 bits per heavy atom. The molecule has 1 saturated heterocycles. The molecule has 5 nitrogen and oxygen atoms in total. The lowest BCUT2D eigenvalue weighted by Crippen LogP contribution is -2.27. The molecule has 0 spiro atoms. The van der Waals surface area contributed by atoms with Gasteiger partial charge in [-0.25, -0.2) is 0 Å². The summed E-state index contributed by atoms with van der Waals surface area (Å²) >= 11 is 7.76. The zero-order chi connectivity index (χ0) is 19.6.